The predicted octanol–water partition coefficient (Wildman–Crippen LogP) is 1.52. The zero-order valence-corrected chi connectivity index (χ0v) is 9.67. The van der Waals surface area contributed by atoms with E-state index in [0.29, 0.717) is 0 Å². The minimum Gasteiger partial charge on any atom is -0.387 e. The molecule has 4 nitrogen and oxygen atoms in total. The Morgan fingerprint density at radius 2 is 2.25 bits per heavy atom. The quantitative estimate of drug-likeness (QED) is 0.847. The molecule has 1 N–H and O–H groups in total. The summed E-state index contributed by atoms with van der Waals surface area (Å²) in [6.07, 6.45) is 6.20. The van der Waals surface area contributed by atoms with Gasteiger partial charge in [0, 0.05) is 44.3 Å². The molecule has 86 valence electrons. The van der Waals surface area contributed by atoms with Crippen LogP contribution in [-0.4, -0.2) is 19.2 Å². The number of nitrogens with zero attached hydrogens (tertiary/aromatic N) is 3. The number of aromatic nitrogens is 3. The number of aryl methyl sites for hydroxylation is 3. The van der Waals surface area contributed by atoms with Gasteiger partial charge in [-0.05, 0) is 19.1 Å². The van der Waals surface area contributed by atoms with Gasteiger partial charge in [0.2, 0.25) is 0 Å². The van der Waals surface area contributed by atoms with Crippen LogP contribution in [0.25, 0.3) is 0 Å². The van der Waals surface area contributed by atoms with Crippen LogP contribution in [0.2, 0.25) is 0 Å². The summed E-state index contributed by atoms with van der Waals surface area (Å²) in [5.41, 5.74) is 0.953. The van der Waals surface area contributed by atoms with Gasteiger partial charge in [-0.2, -0.15) is 0 Å². The zero-order chi connectivity index (χ0) is 11.5. The fourth-order valence-electron chi connectivity index (χ4n) is 1.87. The molecular weight excluding hydrogens is 202 g/mol. The van der Waals surface area contributed by atoms with E-state index in [9.17, 15) is 5.11 Å². The van der Waals surface area contributed by atoms with Crippen molar-refractivity contribution in [2.45, 2.75) is 26.0 Å². The molecule has 0 aromatic carbocycles. The van der Waals surface area contributed by atoms with Crippen molar-refractivity contribution in [1.82, 2.24) is 14.1 Å². The first-order valence-electron chi connectivity index (χ1n) is 5.48. The summed E-state index contributed by atoms with van der Waals surface area (Å²) in [6, 6.07) is 3.91. The summed E-state index contributed by atoms with van der Waals surface area (Å²) in [7, 11) is 1.99. The number of rotatable bonds is 4. The molecule has 0 fully saturated rings. The van der Waals surface area contributed by atoms with Crippen molar-refractivity contribution >= 4 is 0 Å². The van der Waals surface area contributed by atoms with Crippen molar-refractivity contribution in [3.05, 3.63) is 42.2 Å². The van der Waals surface area contributed by atoms with E-state index in [1.54, 1.807) is 13.1 Å². The fraction of sp³-hybridized carbons (Fsp3) is 0.417. The third-order valence-corrected chi connectivity index (χ3v) is 2.79. The molecule has 0 saturated carbocycles. The molecular formula is C12H17N3O. The van der Waals surface area contributed by atoms with Crippen LogP contribution >= 0.6 is 0 Å². The minimum absolute atomic E-state index is 0.420. The van der Waals surface area contributed by atoms with Crippen LogP contribution in [0.3, 0.4) is 0 Å². The molecule has 0 aliphatic carbocycles. The first-order chi connectivity index (χ1) is 7.68. The van der Waals surface area contributed by atoms with Gasteiger partial charge in [0.25, 0.3) is 0 Å². The average Bonchev–Trinajstić information content (AvgIpc) is 2.83. The Morgan fingerprint density at radius 3 is 2.88 bits per heavy atom. The van der Waals surface area contributed by atoms with Gasteiger partial charge in [0.1, 0.15) is 5.82 Å². The van der Waals surface area contributed by atoms with Gasteiger partial charge >= 0.3 is 0 Å². The smallest absolute Gasteiger partial charge is 0.110 e. The van der Waals surface area contributed by atoms with E-state index in [4.69, 9.17) is 0 Å². The molecule has 2 aromatic heterocycles. The van der Waals surface area contributed by atoms with Crippen LogP contribution < -0.4 is 0 Å². The summed E-state index contributed by atoms with van der Waals surface area (Å²) in [5, 5.41) is 9.56. The maximum Gasteiger partial charge on any atom is 0.110 e. The molecule has 1 unspecified atom stereocenters. The lowest BCUT2D eigenvalue weighted by Gasteiger charge is -2.11. The van der Waals surface area contributed by atoms with E-state index in [1.807, 2.05) is 36.1 Å². The maximum absolute atomic E-state index is 9.56. The molecule has 0 aliphatic heterocycles. The highest BCUT2D eigenvalue weighted by Gasteiger charge is 2.07. The first kappa shape index (κ1) is 11.0. The summed E-state index contributed by atoms with van der Waals surface area (Å²) in [5.74, 6) is 1.06. The van der Waals surface area contributed by atoms with E-state index in [-0.39, 0.29) is 0 Å². The Balaban J connectivity index is 2.05. The first-order valence-corrected chi connectivity index (χ1v) is 5.48. The van der Waals surface area contributed by atoms with Crippen molar-refractivity contribution in [2.75, 3.05) is 0 Å². The molecule has 2 heterocycles. The minimum atomic E-state index is -0.420. The molecule has 2 aromatic rings. The third-order valence-electron chi connectivity index (χ3n) is 2.79. The Labute approximate surface area is 95.2 Å². The number of hydrogen-bond donors (Lipinski definition) is 1. The third kappa shape index (κ3) is 2.17. The van der Waals surface area contributed by atoms with Gasteiger partial charge in [-0.15, -0.1) is 0 Å². The lowest BCUT2D eigenvalue weighted by atomic mass is 10.3. The van der Waals surface area contributed by atoms with Gasteiger partial charge in [0.15, 0.2) is 0 Å². The van der Waals surface area contributed by atoms with Crippen LogP contribution in [0.4, 0.5) is 0 Å². The standard InChI is InChI=1S/C12H17N3O/c1-10(16)11-4-3-7-15(11)8-5-12-13-6-9-14(12)2/h3-4,6-7,9-10,16H,5,8H2,1-2H3. The average molecular weight is 219 g/mol. The fourth-order valence-corrected chi connectivity index (χ4v) is 1.87. The summed E-state index contributed by atoms with van der Waals surface area (Å²) in [6.45, 7) is 2.63. The lowest BCUT2D eigenvalue weighted by Crippen LogP contribution is -2.09. The molecule has 0 saturated heterocycles. The second-order valence-corrected chi connectivity index (χ2v) is 4.01. The zero-order valence-electron chi connectivity index (χ0n) is 9.67. The topological polar surface area (TPSA) is 43.0 Å². The van der Waals surface area contributed by atoms with E-state index < -0.39 is 6.10 Å². The van der Waals surface area contributed by atoms with Crippen LogP contribution in [0, 0.1) is 0 Å². The van der Waals surface area contributed by atoms with Crippen molar-refractivity contribution in [3.63, 3.8) is 0 Å². The second kappa shape index (κ2) is 4.53. The van der Waals surface area contributed by atoms with Crippen molar-refractivity contribution in [1.29, 1.82) is 0 Å². The molecule has 0 spiro atoms. The van der Waals surface area contributed by atoms with Crippen LogP contribution in [0.15, 0.2) is 30.7 Å². The normalized spacial score (nSPS) is 12.9. The van der Waals surface area contributed by atoms with E-state index in [0.717, 1.165) is 24.5 Å². The van der Waals surface area contributed by atoms with Gasteiger partial charge in [-0.3, -0.25) is 0 Å². The van der Waals surface area contributed by atoms with Crippen LogP contribution in [0.1, 0.15) is 24.5 Å². The largest absolute Gasteiger partial charge is 0.387 e. The maximum atomic E-state index is 9.56. The molecule has 0 aliphatic rings. The molecule has 2 rings (SSSR count). The van der Waals surface area contributed by atoms with Gasteiger partial charge in [0.05, 0.1) is 6.10 Å². The van der Waals surface area contributed by atoms with E-state index in [2.05, 4.69) is 9.55 Å². The molecule has 0 radical (unpaired) electrons. The van der Waals surface area contributed by atoms with Gasteiger partial charge in [-0.25, -0.2) is 4.98 Å². The Morgan fingerprint density at radius 1 is 1.44 bits per heavy atom. The van der Waals surface area contributed by atoms with E-state index >= 15 is 0 Å². The summed E-state index contributed by atoms with van der Waals surface area (Å²) < 4.78 is 4.09. The summed E-state index contributed by atoms with van der Waals surface area (Å²) >= 11 is 0. The summed E-state index contributed by atoms with van der Waals surface area (Å²) in [4.78, 5) is 4.28. The second-order valence-electron chi connectivity index (χ2n) is 4.01. The van der Waals surface area contributed by atoms with Crippen molar-refractivity contribution in [2.24, 2.45) is 7.05 Å². The van der Waals surface area contributed by atoms with Gasteiger partial charge in [-0.1, -0.05) is 0 Å². The highest BCUT2D eigenvalue weighted by molar-refractivity contribution is 5.09. The highest BCUT2D eigenvalue weighted by atomic mass is 16.3. The van der Waals surface area contributed by atoms with Gasteiger partial charge < -0.3 is 14.2 Å². The monoisotopic (exact) mass is 219 g/mol. The molecule has 0 bridgehead atoms. The molecule has 0 amide bonds. The number of aliphatic hydroxyl groups excluding tert-OH is 1. The Kier molecular flexibility index (Phi) is 3.10. The molecule has 1 atom stereocenters. The SMILES string of the molecule is CC(O)c1cccn1CCc1nccn1C. The highest BCUT2D eigenvalue weighted by Crippen LogP contribution is 2.13. The number of aliphatic hydroxyl groups is 1. The predicted molar refractivity (Wildman–Crippen MR) is 62.0 cm³/mol. The van der Waals surface area contributed by atoms with Crippen molar-refractivity contribution < 1.29 is 5.11 Å². The Hall–Kier alpha value is -1.55. The number of hydrogen-bond acceptors (Lipinski definition) is 2. The number of imidazole rings is 1. The lowest BCUT2D eigenvalue weighted by molar-refractivity contribution is 0.189. The van der Waals surface area contributed by atoms with E-state index in [1.165, 1.54) is 0 Å². The van der Waals surface area contributed by atoms with Crippen molar-refractivity contribution in [3.8, 4) is 0 Å². The molecule has 4 heteroatoms. The van der Waals surface area contributed by atoms with Crippen LogP contribution in [-0.2, 0) is 20.0 Å². The molecule has 16 heavy (non-hydrogen) atoms. The Bertz CT molecular complexity index is 456. The van der Waals surface area contributed by atoms with Crippen LogP contribution in [0.5, 0.6) is 0 Å².